The van der Waals surface area contributed by atoms with Gasteiger partial charge in [-0.15, -0.1) is 11.3 Å². The number of carbonyl (C=O) groups is 1. The summed E-state index contributed by atoms with van der Waals surface area (Å²) in [7, 11) is 3.81. The van der Waals surface area contributed by atoms with E-state index in [1.807, 2.05) is 49.3 Å². The zero-order valence-corrected chi connectivity index (χ0v) is 16.6. The molecule has 0 saturated heterocycles. The fourth-order valence-corrected chi connectivity index (χ4v) is 4.26. The van der Waals surface area contributed by atoms with Gasteiger partial charge in [-0.05, 0) is 38.7 Å². The third-order valence-electron chi connectivity index (χ3n) is 4.40. The van der Waals surface area contributed by atoms with Crippen LogP contribution in [0.15, 0.2) is 41.3 Å². The van der Waals surface area contributed by atoms with E-state index in [4.69, 9.17) is 0 Å². The van der Waals surface area contributed by atoms with Gasteiger partial charge < -0.3 is 15.2 Å². The molecule has 4 rings (SSSR count). The summed E-state index contributed by atoms with van der Waals surface area (Å²) in [5.41, 5.74) is 1.77. The molecular formula is C20H19N5O2S. The molecule has 142 valence electrons. The van der Waals surface area contributed by atoms with Crippen molar-refractivity contribution in [1.82, 2.24) is 19.9 Å². The van der Waals surface area contributed by atoms with Crippen LogP contribution in [0.3, 0.4) is 0 Å². The predicted molar refractivity (Wildman–Crippen MR) is 112 cm³/mol. The number of carbonyl (C=O) groups excluding carboxylic acids is 1. The van der Waals surface area contributed by atoms with E-state index in [1.54, 1.807) is 13.1 Å². The Bertz CT molecular complexity index is 1250. The molecule has 3 heterocycles. The first kappa shape index (κ1) is 18.3. The SMILES string of the molecule is Cc1c(C(=O)Nc2cccc3cccnc23)sc2nc(CN(C)C)[nH]c(=O)c12. The number of nitrogens with one attached hydrogen (secondary N) is 2. The highest BCUT2D eigenvalue weighted by atomic mass is 32.1. The molecule has 1 amide bonds. The summed E-state index contributed by atoms with van der Waals surface area (Å²) >= 11 is 1.23. The Hall–Kier alpha value is -3.10. The van der Waals surface area contributed by atoms with Crippen LogP contribution in [-0.4, -0.2) is 39.9 Å². The van der Waals surface area contributed by atoms with Crippen LogP contribution in [0.25, 0.3) is 21.1 Å². The van der Waals surface area contributed by atoms with Gasteiger partial charge in [0, 0.05) is 11.6 Å². The number of hydrogen-bond donors (Lipinski definition) is 2. The van der Waals surface area contributed by atoms with Crippen LogP contribution in [0.2, 0.25) is 0 Å². The van der Waals surface area contributed by atoms with Gasteiger partial charge in [-0.25, -0.2) is 4.98 Å². The first-order valence-corrected chi connectivity index (χ1v) is 9.58. The average Bonchev–Trinajstić information content (AvgIpc) is 2.98. The molecule has 0 saturated carbocycles. The summed E-state index contributed by atoms with van der Waals surface area (Å²) in [6.07, 6.45) is 1.69. The van der Waals surface area contributed by atoms with Crippen molar-refractivity contribution >= 4 is 44.1 Å². The Kier molecular flexibility index (Phi) is 4.66. The van der Waals surface area contributed by atoms with Crippen LogP contribution >= 0.6 is 11.3 Å². The Morgan fingerprint density at radius 1 is 1.25 bits per heavy atom. The second-order valence-electron chi connectivity index (χ2n) is 6.82. The fraction of sp³-hybridized carbons (Fsp3) is 0.200. The lowest BCUT2D eigenvalue weighted by Crippen LogP contribution is -2.18. The molecule has 28 heavy (non-hydrogen) atoms. The van der Waals surface area contributed by atoms with Crippen molar-refractivity contribution < 1.29 is 4.79 Å². The van der Waals surface area contributed by atoms with Crippen LogP contribution in [0.5, 0.6) is 0 Å². The van der Waals surface area contributed by atoms with Crippen LogP contribution in [0, 0.1) is 6.92 Å². The molecule has 0 bridgehead atoms. The number of thiophene rings is 1. The normalized spacial score (nSPS) is 11.4. The molecule has 8 heteroatoms. The van der Waals surface area contributed by atoms with Gasteiger partial charge in [0.05, 0.1) is 28.0 Å². The number of para-hydroxylation sites is 1. The monoisotopic (exact) mass is 393 g/mol. The van der Waals surface area contributed by atoms with Crippen molar-refractivity contribution in [3.05, 3.63) is 63.1 Å². The van der Waals surface area contributed by atoms with Gasteiger partial charge >= 0.3 is 0 Å². The minimum Gasteiger partial charge on any atom is -0.319 e. The van der Waals surface area contributed by atoms with Gasteiger partial charge in [0.1, 0.15) is 10.7 Å². The Morgan fingerprint density at radius 2 is 2.04 bits per heavy atom. The second-order valence-corrected chi connectivity index (χ2v) is 7.82. The molecule has 0 aliphatic rings. The number of hydrogen-bond acceptors (Lipinski definition) is 6. The van der Waals surface area contributed by atoms with Crippen molar-refractivity contribution in [3.63, 3.8) is 0 Å². The fourth-order valence-electron chi connectivity index (χ4n) is 3.16. The van der Waals surface area contributed by atoms with Crippen molar-refractivity contribution in [3.8, 4) is 0 Å². The number of amides is 1. The number of pyridine rings is 1. The molecule has 0 aliphatic heterocycles. The van der Waals surface area contributed by atoms with Crippen molar-refractivity contribution in [1.29, 1.82) is 0 Å². The van der Waals surface area contributed by atoms with Crippen molar-refractivity contribution in [2.24, 2.45) is 0 Å². The molecule has 7 nitrogen and oxygen atoms in total. The smallest absolute Gasteiger partial charge is 0.266 e. The lowest BCUT2D eigenvalue weighted by molar-refractivity contribution is 0.103. The number of anilines is 1. The summed E-state index contributed by atoms with van der Waals surface area (Å²) in [5.74, 6) is 0.307. The summed E-state index contributed by atoms with van der Waals surface area (Å²) in [6, 6.07) is 9.43. The highest BCUT2D eigenvalue weighted by molar-refractivity contribution is 7.20. The topological polar surface area (TPSA) is 91.0 Å². The summed E-state index contributed by atoms with van der Waals surface area (Å²) < 4.78 is 0. The molecule has 1 aromatic carbocycles. The van der Waals surface area contributed by atoms with Crippen LogP contribution in [0.1, 0.15) is 21.1 Å². The maximum Gasteiger partial charge on any atom is 0.266 e. The van der Waals surface area contributed by atoms with Crippen LogP contribution < -0.4 is 10.9 Å². The highest BCUT2D eigenvalue weighted by Crippen LogP contribution is 2.29. The van der Waals surface area contributed by atoms with Gasteiger partial charge in [0.2, 0.25) is 0 Å². The van der Waals surface area contributed by atoms with Crippen molar-refractivity contribution in [2.45, 2.75) is 13.5 Å². The number of benzene rings is 1. The third-order valence-corrected chi connectivity index (χ3v) is 5.59. The second kappa shape index (κ2) is 7.14. The molecule has 0 fully saturated rings. The van der Waals surface area contributed by atoms with E-state index >= 15 is 0 Å². The molecule has 4 aromatic rings. The third kappa shape index (κ3) is 3.28. The average molecular weight is 393 g/mol. The van der Waals surface area contributed by atoms with Gasteiger partial charge in [-0.3, -0.25) is 14.6 Å². The maximum atomic E-state index is 12.9. The molecule has 0 spiro atoms. The molecular weight excluding hydrogens is 374 g/mol. The number of fused-ring (bicyclic) bond motifs is 2. The zero-order valence-electron chi connectivity index (χ0n) is 15.7. The van der Waals surface area contributed by atoms with Crippen LogP contribution in [-0.2, 0) is 6.54 Å². The van der Waals surface area contributed by atoms with Crippen LogP contribution in [0.4, 0.5) is 5.69 Å². The summed E-state index contributed by atoms with van der Waals surface area (Å²) in [5, 5.41) is 4.34. The Labute approximate surface area is 165 Å². The van der Waals surface area contributed by atoms with Crippen molar-refractivity contribution in [2.75, 3.05) is 19.4 Å². The lowest BCUT2D eigenvalue weighted by atomic mass is 10.1. The maximum absolute atomic E-state index is 12.9. The van der Waals surface area contributed by atoms with E-state index in [1.165, 1.54) is 11.3 Å². The van der Waals surface area contributed by atoms with E-state index in [0.29, 0.717) is 38.7 Å². The van der Waals surface area contributed by atoms with Gasteiger partial charge in [0.15, 0.2) is 0 Å². The Balaban J connectivity index is 1.74. The van der Waals surface area contributed by atoms with E-state index in [9.17, 15) is 9.59 Å². The number of aromatic nitrogens is 3. The lowest BCUT2D eigenvalue weighted by Gasteiger charge is -2.07. The molecule has 3 aromatic heterocycles. The highest BCUT2D eigenvalue weighted by Gasteiger charge is 2.20. The summed E-state index contributed by atoms with van der Waals surface area (Å²) in [6.45, 7) is 2.29. The minimum absolute atomic E-state index is 0.221. The summed E-state index contributed by atoms with van der Waals surface area (Å²) in [4.78, 5) is 40.1. The number of aryl methyl sites for hydroxylation is 1. The molecule has 0 unspecified atom stereocenters. The zero-order chi connectivity index (χ0) is 19.8. The predicted octanol–water partition coefficient (Wildman–Crippen LogP) is 3.16. The molecule has 0 radical (unpaired) electrons. The number of nitrogens with zero attached hydrogens (tertiary/aromatic N) is 3. The number of aromatic amines is 1. The molecule has 0 aliphatic carbocycles. The largest absolute Gasteiger partial charge is 0.319 e. The molecule has 2 N–H and O–H groups in total. The first-order chi connectivity index (χ1) is 13.4. The number of H-pyrrole nitrogens is 1. The standard InChI is InChI=1S/C20H19N5O2S/c1-11-15-18(26)23-14(10-25(2)3)24-20(15)28-17(11)19(27)22-13-8-4-6-12-7-5-9-21-16(12)13/h4-9H,10H2,1-3H3,(H,22,27)(H,23,24,26). The Morgan fingerprint density at radius 3 is 2.82 bits per heavy atom. The quantitative estimate of drug-likeness (QED) is 0.556. The van der Waals surface area contributed by atoms with E-state index in [2.05, 4.69) is 20.3 Å². The minimum atomic E-state index is -0.271. The van der Waals surface area contributed by atoms with Gasteiger partial charge in [-0.2, -0.15) is 0 Å². The number of rotatable bonds is 4. The van der Waals surface area contributed by atoms with E-state index in [0.717, 1.165) is 10.9 Å². The van der Waals surface area contributed by atoms with E-state index < -0.39 is 0 Å². The first-order valence-electron chi connectivity index (χ1n) is 8.76. The van der Waals surface area contributed by atoms with E-state index in [-0.39, 0.29) is 11.5 Å². The van der Waals surface area contributed by atoms with Gasteiger partial charge in [0.25, 0.3) is 11.5 Å². The van der Waals surface area contributed by atoms with Gasteiger partial charge in [-0.1, -0.05) is 18.2 Å². The molecule has 0 atom stereocenters.